The lowest BCUT2D eigenvalue weighted by atomic mass is 9.82. The van der Waals surface area contributed by atoms with Crippen molar-refractivity contribution in [2.75, 3.05) is 32.8 Å². The van der Waals surface area contributed by atoms with E-state index in [2.05, 4.69) is 4.90 Å². The lowest BCUT2D eigenvalue weighted by molar-refractivity contribution is -0.0358. The molecule has 1 aliphatic carbocycles. The molecular weight excluding hydrogens is 188 g/mol. The Labute approximate surface area is 93.0 Å². The molecular formula is C12H24N2O. The minimum absolute atomic E-state index is 0.517. The normalized spacial score (nSPS) is 32.6. The SMILES string of the molecule is NCC1CC(OCCN2CCCCC2)C1. The second-order valence-corrected chi connectivity index (χ2v) is 4.97. The monoisotopic (exact) mass is 212 g/mol. The van der Waals surface area contributed by atoms with Crippen LogP contribution in [0.5, 0.6) is 0 Å². The van der Waals surface area contributed by atoms with Gasteiger partial charge in [-0.05, 0) is 51.2 Å². The van der Waals surface area contributed by atoms with Gasteiger partial charge in [-0.2, -0.15) is 0 Å². The zero-order chi connectivity index (χ0) is 10.5. The van der Waals surface area contributed by atoms with Gasteiger partial charge in [0.2, 0.25) is 0 Å². The van der Waals surface area contributed by atoms with Crippen molar-refractivity contribution in [1.82, 2.24) is 4.90 Å². The molecule has 2 rings (SSSR count). The van der Waals surface area contributed by atoms with E-state index in [9.17, 15) is 0 Å². The summed E-state index contributed by atoms with van der Waals surface area (Å²) in [6.45, 7) is 5.44. The Morgan fingerprint density at radius 3 is 2.53 bits per heavy atom. The van der Waals surface area contributed by atoms with Crippen LogP contribution in [-0.2, 0) is 4.74 Å². The second-order valence-electron chi connectivity index (χ2n) is 4.97. The summed E-state index contributed by atoms with van der Waals surface area (Å²) < 4.78 is 5.82. The molecule has 0 amide bonds. The number of likely N-dealkylation sites (tertiary alicyclic amines) is 1. The smallest absolute Gasteiger partial charge is 0.0597 e. The topological polar surface area (TPSA) is 38.5 Å². The van der Waals surface area contributed by atoms with Gasteiger partial charge >= 0.3 is 0 Å². The Morgan fingerprint density at radius 2 is 1.87 bits per heavy atom. The highest BCUT2D eigenvalue weighted by Crippen LogP contribution is 2.28. The fourth-order valence-electron chi connectivity index (χ4n) is 2.53. The molecule has 88 valence electrons. The van der Waals surface area contributed by atoms with Crippen LogP contribution in [0.15, 0.2) is 0 Å². The van der Waals surface area contributed by atoms with Crippen LogP contribution in [0.1, 0.15) is 32.1 Å². The van der Waals surface area contributed by atoms with Crippen LogP contribution in [-0.4, -0.2) is 43.8 Å². The molecule has 0 spiro atoms. The molecule has 0 radical (unpaired) electrons. The largest absolute Gasteiger partial charge is 0.377 e. The molecule has 1 saturated carbocycles. The molecule has 0 aromatic heterocycles. The van der Waals surface area contributed by atoms with Crippen LogP contribution in [0.2, 0.25) is 0 Å². The molecule has 2 N–H and O–H groups in total. The molecule has 3 heteroatoms. The number of nitrogens with zero attached hydrogens (tertiary/aromatic N) is 1. The van der Waals surface area contributed by atoms with E-state index in [1.165, 1.54) is 45.2 Å². The third-order valence-corrected chi connectivity index (χ3v) is 3.74. The number of hydrogen-bond acceptors (Lipinski definition) is 3. The Balaban J connectivity index is 1.48. The van der Waals surface area contributed by atoms with Gasteiger partial charge in [-0.15, -0.1) is 0 Å². The minimum Gasteiger partial charge on any atom is -0.377 e. The van der Waals surface area contributed by atoms with E-state index in [-0.39, 0.29) is 0 Å². The highest BCUT2D eigenvalue weighted by Gasteiger charge is 2.28. The third kappa shape index (κ3) is 3.44. The summed E-state index contributed by atoms with van der Waals surface area (Å²) in [5.74, 6) is 0.741. The summed E-state index contributed by atoms with van der Waals surface area (Å²) in [5.41, 5.74) is 5.58. The molecule has 0 aromatic rings. The van der Waals surface area contributed by atoms with E-state index < -0.39 is 0 Å². The molecule has 2 aliphatic rings. The van der Waals surface area contributed by atoms with Crippen molar-refractivity contribution in [3.8, 4) is 0 Å². The van der Waals surface area contributed by atoms with E-state index >= 15 is 0 Å². The predicted molar refractivity (Wildman–Crippen MR) is 61.8 cm³/mol. The Kier molecular flexibility index (Phi) is 4.42. The first kappa shape index (κ1) is 11.4. The molecule has 0 bridgehead atoms. The summed E-state index contributed by atoms with van der Waals surface area (Å²) in [4.78, 5) is 2.53. The van der Waals surface area contributed by atoms with E-state index in [1.807, 2.05) is 0 Å². The zero-order valence-electron chi connectivity index (χ0n) is 9.66. The van der Waals surface area contributed by atoms with Crippen molar-refractivity contribution < 1.29 is 4.74 Å². The van der Waals surface area contributed by atoms with Gasteiger partial charge < -0.3 is 15.4 Å². The van der Waals surface area contributed by atoms with E-state index in [4.69, 9.17) is 10.5 Å². The average molecular weight is 212 g/mol. The highest BCUT2D eigenvalue weighted by atomic mass is 16.5. The van der Waals surface area contributed by atoms with Gasteiger partial charge in [-0.1, -0.05) is 6.42 Å². The first-order valence-electron chi connectivity index (χ1n) is 6.42. The number of ether oxygens (including phenoxy) is 1. The van der Waals surface area contributed by atoms with Gasteiger partial charge in [0, 0.05) is 6.54 Å². The summed E-state index contributed by atoms with van der Waals surface area (Å²) in [7, 11) is 0. The van der Waals surface area contributed by atoms with E-state index in [1.54, 1.807) is 0 Å². The molecule has 0 unspecified atom stereocenters. The summed E-state index contributed by atoms with van der Waals surface area (Å²) in [5, 5.41) is 0. The molecule has 1 saturated heterocycles. The minimum atomic E-state index is 0.517. The Hall–Kier alpha value is -0.120. The second kappa shape index (κ2) is 5.83. The zero-order valence-corrected chi connectivity index (χ0v) is 9.66. The molecule has 1 aliphatic heterocycles. The summed E-state index contributed by atoms with van der Waals surface area (Å²) >= 11 is 0. The van der Waals surface area contributed by atoms with Crippen molar-refractivity contribution >= 4 is 0 Å². The highest BCUT2D eigenvalue weighted by molar-refractivity contribution is 4.80. The maximum atomic E-state index is 5.82. The van der Waals surface area contributed by atoms with Crippen molar-refractivity contribution in [2.45, 2.75) is 38.2 Å². The molecule has 2 fully saturated rings. The lowest BCUT2D eigenvalue weighted by Gasteiger charge is -2.35. The number of hydrogen-bond donors (Lipinski definition) is 1. The summed E-state index contributed by atoms with van der Waals surface area (Å²) in [6.07, 6.45) is 7.06. The van der Waals surface area contributed by atoms with Crippen LogP contribution >= 0.6 is 0 Å². The third-order valence-electron chi connectivity index (χ3n) is 3.74. The first-order valence-corrected chi connectivity index (χ1v) is 6.42. The van der Waals surface area contributed by atoms with Crippen LogP contribution < -0.4 is 5.73 Å². The van der Waals surface area contributed by atoms with Gasteiger partial charge in [0.15, 0.2) is 0 Å². The predicted octanol–water partition coefficient (Wildman–Crippen LogP) is 1.23. The molecule has 0 atom stereocenters. The maximum absolute atomic E-state index is 5.82. The fourth-order valence-corrected chi connectivity index (χ4v) is 2.53. The van der Waals surface area contributed by atoms with Gasteiger partial charge in [-0.25, -0.2) is 0 Å². The van der Waals surface area contributed by atoms with Gasteiger partial charge in [0.05, 0.1) is 12.7 Å². The van der Waals surface area contributed by atoms with E-state index in [0.29, 0.717) is 6.10 Å². The Morgan fingerprint density at radius 1 is 1.13 bits per heavy atom. The molecule has 0 aromatic carbocycles. The van der Waals surface area contributed by atoms with Crippen LogP contribution in [0, 0.1) is 5.92 Å². The van der Waals surface area contributed by atoms with Crippen molar-refractivity contribution in [2.24, 2.45) is 11.7 Å². The lowest BCUT2D eigenvalue weighted by Crippen LogP contribution is -2.38. The quantitative estimate of drug-likeness (QED) is 0.745. The average Bonchev–Trinajstić information content (AvgIpc) is 2.23. The van der Waals surface area contributed by atoms with Crippen molar-refractivity contribution in [1.29, 1.82) is 0 Å². The van der Waals surface area contributed by atoms with Crippen molar-refractivity contribution in [3.05, 3.63) is 0 Å². The maximum Gasteiger partial charge on any atom is 0.0597 e. The summed E-state index contributed by atoms with van der Waals surface area (Å²) in [6, 6.07) is 0. The molecule has 3 nitrogen and oxygen atoms in total. The number of rotatable bonds is 5. The standard InChI is InChI=1S/C12H24N2O/c13-10-11-8-12(9-11)15-7-6-14-4-2-1-3-5-14/h11-12H,1-10,13H2. The van der Waals surface area contributed by atoms with Gasteiger partial charge in [0.25, 0.3) is 0 Å². The van der Waals surface area contributed by atoms with Crippen LogP contribution in [0.4, 0.5) is 0 Å². The van der Waals surface area contributed by atoms with Crippen LogP contribution in [0.25, 0.3) is 0 Å². The number of nitrogens with two attached hydrogens (primary N) is 1. The van der Waals surface area contributed by atoms with Crippen molar-refractivity contribution in [3.63, 3.8) is 0 Å². The fraction of sp³-hybridized carbons (Fsp3) is 1.00. The molecule has 15 heavy (non-hydrogen) atoms. The Bertz CT molecular complexity index is 174. The number of piperidine rings is 1. The van der Waals surface area contributed by atoms with Gasteiger partial charge in [-0.3, -0.25) is 0 Å². The van der Waals surface area contributed by atoms with E-state index in [0.717, 1.165) is 25.6 Å². The van der Waals surface area contributed by atoms with Crippen LogP contribution in [0.3, 0.4) is 0 Å². The molecule has 1 heterocycles. The first-order chi connectivity index (χ1) is 7.38. The van der Waals surface area contributed by atoms with Gasteiger partial charge in [0.1, 0.15) is 0 Å².